The number of hydrogen-bond donors (Lipinski definition) is 0. The molecule has 4 heterocycles. The number of rotatable bonds is 10. The SMILES string of the molecule is c1ccc(-c2ccc3oc4ccc5cc(-c6ccc7c(-c8nc(-c9ccccc9)nc(-c9ccccc9)n8)cc(-c8cccc(-c9nc(-c%10ccccc%10)nc(-c%10cccc%11cc(-c%12cccc%13c%12ccc%12oc%14ccccc%14c%12%13)ccc%10%11)n9)c8)cc7c6)ccc5c4c3c2)cc1. The molecule has 0 saturated heterocycles. The Morgan fingerprint density at radius 1 is 0.167 bits per heavy atom. The lowest BCUT2D eigenvalue weighted by Crippen LogP contribution is -2.01. The van der Waals surface area contributed by atoms with Crippen molar-refractivity contribution >= 4 is 87.0 Å². The van der Waals surface area contributed by atoms with Crippen LogP contribution >= 0.6 is 0 Å². The van der Waals surface area contributed by atoms with Gasteiger partial charge in [-0.05, 0) is 154 Å². The highest BCUT2D eigenvalue weighted by atomic mass is 16.3. The van der Waals surface area contributed by atoms with Crippen LogP contribution in [-0.4, -0.2) is 29.9 Å². The predicted molar refractivity (Wildman–Crippen MR) is 392 cm³/mol. The lowest BCUT2D eigenvalue weighted by molar-refractivity contribution is 0.669. The molecule has 0 bridgehead atoms. The van der Waals surface area contributed by atoms with Crippen molar-refractivity contribution in [3.8, 4) is 113 Å². The molecule has 8 heteroatoms. The minimum atomic E-state index is 0.553. The number of para-hydroxylation sites is 1. The quantitative estimate of drug-likeness (QED) is 0.133. The Labute approximate surface area is 550 Å². The van der Waals surface area contributed by atoms with Crippen LogP contribution in [0, 0.1) is 0 Å². The fourth-order valence-electron chi connectivity index (χ4n) is 14.1. The highest BCUT2D eigenvalue weighted by Crippen LogP contribution is 2.44. The van der Waals surface area contributed by atoms with E-state index in [-0.39, 0.29) is 0 Å². The highest BCUT2D eigenvalue weighted by Gasteiger charge is 2.21. The van der Waals surface area contributed by atoms with Crippen molar-refractivity contribution in [2.24, 2.45) is 0 Å². The summed E-state index contributed by atoms with van der Waals surface area (Å²) in [5.41, 5.74) is 17.5. The normalized spacial score (nSPS) is 11.8. The molecular weight excluding hydrogens is 1170 g/mol. The monoisotopic (exact) mass is 1220 g/mol. The minimum Gasteiger partial charge on any atom is -0.456 e. The van der Waals surface area contributed by atoms with Crippen LogP contribution in [-0.2, 0) is 0 Å². The van der Waals surface area contributed by atoms with Gasteiger partial charge >= 0.3 is 0 Å². The molecule has 0 N–H and O–H groups in total. The highest BCUT2D eigenvalue weighted by molar-refractivity contribution is 6.22. The molecule has 15 aromatic carbocycles. The summed E-state index contributed by atoms with van der Waals surface area (Å²) in [4.78, 5) is 31.7. The third-order valence-corrected chi connectivity index (χ3v) is 18.7. The van der Waals surface area contributed by atoms with Crippen LogP contribution in [0.4, 0.5) is 0 Å². The molecule has 19 aromatic rings. The maximum Gasteiger partial charge on any atom is 0.164 e. The fraction of sp³-hybridized carbons (Fsp3) is 0. The molecule has 0 saturated carbocycles. The van der Waals surface area contributed by atoms with E-state index in [2.05, 4.69) is 224 Å². The van der Waals surface area contributed by atoms with Crippen LogP contribution in [0.5, 0.6) is 0 Å². The molecule has 0 aliphatic rings. The molecule has 0 atom stereocenters. The van der Waals surface area contributed by atoms with Gasteiger partial charge in [-0.25, -0.2) is 29.9 Å². The first-order valence-electron chi connectivity index (χ1n) is 32.2. The van der Waals surface area contributed by atoms with Crippen molar-refractivity contribution in [1.82, 2.24) is 29.9 Å². The second-order valence-electron chi connectivity index (χ2n) is 24.5. The van der Waals surface area contributed by atoms with Gasteiger partial charge in [0.2, 0.25) is 0 Å². The zero-order chi connectivity index (χ0) is 63.2. The van der Waals surface area contributed by atoms with E-state index in [9.17, 15) is 0 Å². The number of hydrogen-bond acceptors (Lipinski definition) is 8. The standard InChI is InChI=1S/C88H52N6O2/c1-5-18-53(19-6-1)60-37-43-78-76(51-60)81-70-41-35-58(46-63(70)38-44-79(81)96-78)59-34-39-69-66(48-59)50-65(52-75(69)88-92-83(54-20-7-2-8-21-54)89-84(93-88)55-22-9-3-10-23-55)57-26-15-28-64(47-57)86-90-85(56-24-11-4-12-25-56)91-87(94-86)73-32-16-27-61-49-62(36-40-68(61)73)67-30-17-31-72-71(67)42-45-80-82(72)74-29-13-14-33-77(74)95-80/h1-52H. The second kappa shape index (κ2) is 22.4. The minimum absolute atomic E-state index is 0.553. The Hall–Kier alpha value is -13.0. The molecule has 19 rings (SSSR count). The molecule has 0 radical (unpaired) electrons. The van der Waals surface area contributed by atoms with E-state index in [0.29, 0.717) is 34.9 Å². The number of fused-ring (bicyclic) bond motifs is 12. The zero-order valence-corrected chi connectivity index (χ0v) is 51.5. The average Bonchev–Trinajstić information content (AvgIpc) is 1.49. The Morgan fingerprint density at radius 2 is 0.583 bits per heavy atom. The summed E-state index contributed by atoms with van der Waals surface area (Å²) >= 11 is 0. The summed E-state index contributed by atoms with van der Waals surface area (Å²) in [6, 6.07) is 110. The summed E-state index contributed by atoms with van der Waals surface area (Å²) in [5, 5.41) is 13.2. The lowest BCUT2D eigenvalue weighted by Gasteiger charge is -2.15. The van der Waals surface area contributed by atoms with Crippen LogP contribution in [0.2, 0.25) is 0 Å². The average molecular weight is 1230 g/mol. The van der Waals surface area contributed by atoms with Gasteiger partial charge in [0.1, 0.15) is 22.3 Å². The Balaban J connectivity index is 0.749. The number of nitrogens with zero attached hydrogens (tertiary/aromatic N) is 6. The second-order valence-corrected chi connectivity index (χ2v) is 24.5. The van der Waals surface area contributed by atoms with E-state index >= 15 is 0 Å². The number of furan rings is 2. The van der Waals surface area contributed by atoms with Gasteiger partial charge in [0.25, 0.3) is 0 Å². The maximum atomic E-state index is 6.48. The van der Waals surface area contributed by atoms with Gasteiger partial charge in [-0.15, -0.1) is 0 Å². The van der Waals surface area contributed by atoms with Crippen LogP contribution in [0.15, 0.2) is 324 Å². The molecule has 4 aromatic heterocycles. The molecule has 96 heavy (non-hydrogen) atoms. The summed E-state index contributed by atoms with van der Waals surface area (Å²) in [7, 11) is 0. The lowest BCUT2D eigenvalue weighted by atomic mass is 9.92. The van der Waals surface area contributed by atoms with E-state index in [1.165, 1.54) is 10.9 Å². The van der Waals surface area contributed by atoms with E-state index in [1.54, 1.807) is 0 Å². The molecule has 8 nitrogen and oxygen atoms in total. The van der Waals surface area contributed by atoms with Crippen LogP contribution in [0.3, 0.4) is 0 Å². The molecule has 0 amide bonds. The first-order valence-corrected chi connectivity index (χ1v) is 32.2. The van der Waals surface area contributed by atoms with E-state index < -0.39 is 0 Å². The fourth-order valence-corrected chi connectivity index (χ4v) is 14.1. The number of benzene rings is 15. The number of aromatic nitrogens is 6. The summed E-state index contributed by atoms with van der Waals surface area (Å²) in [6.45, 7) is 0. The first kappa shape index (κ1) is 54.7. The van der Waals surface area contributed by atoms with Gasteiger partial charge < -0.3 is 8.83 Å². The molecule has 0 fully saturated rings. The van der Waals surface area contributed by atoms with Gasteiger partial charge in [-0.1, -0.05) is 249 Å². The van der Waals surface area contributed by atoms with Gasteiger partial charge in [-0.3, -0.25) is 0 Å². The van der Waals surface area contributed by atoms with Crippen LogP contribution in [0.25, 0.3) is 200 Å². The summed E-state index contributed by atoms with van der Waals surface area (Å²) in [6.07, 6.45) is 0. The third-order valence-electron chi connectivity index (χ3n) is 18.7. The van der Waals surface area contributed by atoms with E-state index in [1.807, 2.05) is 91.0 Å². The van der Waals surface area contributed by atoms with Crippen LogP contribution in [0.1, 0.15) is 0 Å². The molecule has 0 unspecified atom stereocenters. The van der Waals surface area contributed by atoms with Gasteiger partial charge in [0, 0.05) is 54.9 Å². The summed E-state index contributed by atoms with van der Waals surface area (Å²) in [5.74, 6) is 3.45. The van der Waals surface area contributed by atoms with Crippen LogP contribution < -0.4 is 0 Å². The molecule has 446 valence electrons. The van der Waals surface area contributed by atoms with Gasteiger partial charge in [-0.2, -0.15) is 0 Å². The smallest absolute Gasteiger partial charge is 0.164 e. The van der Waals surface area contributed by atoms with E-state index in [0.717, 1.165) is 154 Å². The van der Waals surface area contributed by atoms with Gasteiger partial charge in [0.05, 0.1) is 0 Å². The molecular formula is C88H52N6O2. The molecule has 0 aliphatic heterocycles. The third kappa shape index (κ3) is 9.46. The van der Waals surface area contributed by atoms with Crippen molar-refractivity contribution in [3.63, 3.8) is 0 Å². The molecule has 0 spiro atoms. The first-order chi connectivity index (χ1) is 47.5. The summed E-state index contributed by atoms with van der Waals surface area (Å²) < 4.78 is 12.8. The predicted octanol–water partition coefficient (Wildman–Crippen LogP) is 23.1. The van der Waals surface area contributed by atoms with Gasteiger partial charge in [0.15, 0.2) is 34.9 Å². The maximum absolute atomic E-state index is 6.48. The van der Waals surface area contributed by atoms with Crippen molar-refractivity contribution < 1.29 is 8.83 Å². The molecule has 0 aliphatic carbocycles. The van der Waals surface area contributed by atoms with Crippen molar-refractivity contribution in [2.45, 2.75) is 0 Å². The van der Waals surface area contributed by atoms with Crippen molar-refractivity contribution in [3.05, 3.63) is 315 Å². The largest absolute Gasteiger partial charge is 0.456 e. The van der Waals surface area contributed by atoms with E-state index in [4.69, 9.17) is 38.7 Å². The Bertz CT molecular complexity index is 6270. The topological polar surface area (TPSA) is 104 Å². The Kier molecular flexibility index (Phi) is 12.7. The van der Waals surface area contributed by atoms with Crippen molar-refractivity contribution in [2.75, 3.05) is 0 Å². The Morgan fingerprint density at radius 3 is 1.28 bits per heavy atom. The van der Waals surface area contributed by atoms with Crippen molar-refractivity contribution in [1.29, 1.82) is 0 Å². The zero-order valence-electron chi connectivity index (χ0n) is 51.5.